The summed E-state index contributed by atoms with van der Waals surface area (Å²) in [4.78, 5) is 35.8. The highest BCUT2D eigenvalue weighted by atomic mass is 32.2. The van der Waals surface area contributed by atoms with Crippen LogP contribution in [-0.4, -0.2) is 60.7 Å². The van der Waals surface area contributed by atoms with Gasteiger partial charge in [-0.15, -0.1) is 0 Å². The van der Waals surface area contributed by atoms with Crippen molar-refractivity contribution in [3.8, 4) is 0 Å². The number of imide groups is 1. The van der Waals surface area contributed by atoms with Crippen molar-refractivity contribution < 1.29 is 18.0 Å². The van der Waals surface area contributed by atoms with Gasteiger partial charge in [-0.1, -0.05) is 0 Å². The Morgan fingerprint density at radius 2 is 1.52 bits per heavy atom. The number of carbonyl (C=O) groups is 2. The maximum absolute atomic E-state index is 13.2. The van der Waals surface area contributed by atoms with Crippen molar-refractivity contribution in [3.63, 3.8) is 0 Å². The van der Waals surface area contributed by atoms with Crippen LogP contribution in [0.4, 0.5) is 11.5 Å². The Balaban J connectivity index is 1.28. The average Bonchev–Trinajstić information content (AvgIpc) is 3.42. The largest absolute Gasteiger partial charge is 0.356 e. The highest BCUT2D eigenvalue weighted by Gasteiger charge is 2.44. The number of nitrogens with zero attached hydrogens (tertiary/aromatic N) is 5. The maximum Gasteiger partial charge on any atom is 0.243 e. The number of carbonyl (C=O) groups excluding carboxylic acids is 2. The summed E-state index contributed by atoms with van der Waals surface area (Å²) in [5.41, 5.74) is 1.33. The molecule has 5 rings (SSSR count). The summed E-state index contributed by atoms with van der Waals surface area (Å²) in [5.74, 6) is 0.888. The molecule has 3 saturated heterocycles. The average molecular weight is 442 g/mol. The van der Waals surface area contributed by atoms with Crippen molar-refractivity contribution in [2.24, 2.45) is 11.8 Å². The minimum absolute atomic E-state index is 0.179. The van der Waals surface area contributed by atoms with Gasteiger partial charge in [-0.3, -0.25) is 14.5 Å². The van der Waals surface area contributed by atoms with Gasteiger partial charge in [-0.2, -0.15) is 4.31 Å². The number of aromatic nitrogens is 2. The van der Waals surface area contributed by atoms with Crippen molar-refractivity contribution in [1.29, 1.82) is 0 Å². The zero-order valence-electron chi connectivity index (χ0n) is 17.1. The van der Waals surface area contributed by atoms with Crippen molar-refractivity contribution in [2.45, 2.75) is 24.7 Å². The normalized spacial score (nSPS) is 24.3. The molecular formula is C21H23N5O4S. The van der Waals surface area contributed by atoms with Crippen molar-refractivity contribution >= 4 is 33.3 Å². The quantitative estimate of drug-likeness (QED) is 0.657. The Bertz CT molecular complexity index is 1120. The Labute approximate surface area is 180 Å². The van der Waals surface area contributed by atoms with Gasteiger partial charge in [0.15, 0.2) is 0 Å². The van der Waals surface area contributed by atoms with Crippen LogP contribution in [0.2, 0.25) is 0 Å². The fourth-order valence-electron chi connectivity index (χ4n) is 4.73. The van der Waals surface area contributed by atoms with Gasteiger partial charge in [-0.05, 0) is 43.0 Å². The van der Waals surface area contributed by atoms with Gasteiger partial charge in [-0.25, -0.2) is 18.4 Å². The van der Waals surface area contributed by atoms with Crippen LogP contribution < -0.4 is 9.80 Å². The van der Waals surface area contributed by atoms with E-state index in [2.05, 4.69) is 14.9 Å². The van der Waals surface area contributed by atoms with Gasteiger partial charge >= 0.3 is 0 Å². The molecule has 1 aromatic heterocycles. The molecule has 9 nitrogen and oxygen atoms in total. The molecular weight excluding hydrogens is 418 g/mol. The van der Waals surface area contributed by atoms with Crippen LogP contribution in [0.5, 0.6) is 0 Å². The second kappa shape index (κ2) is 7.38. The molecule has 0 bridgehead atoms. The molecule has 4 heterocycles. The second-order valence-electron chi connectivity index (χ2n) is 8.38. The Hall–Kier alpha value is -2.85. The number of hydrogen-bond donors (Lipinski definition) is 0. The van der Waals surface area contributed by atoms with E-state index in [0.29, 0.717) is 18.8 Å². The van der Waals surface area contributed by atoms with Crippen LogP contribution in [0.25, 0.3) is 0 Å². The summed E-state index contributed by atoms with van der Waals surface area (Å²) in [6.07, 6.45) is 1.95. The Morgan fingerprint density at radius 3 is 2.10 bits per heavy atom. The molecule has 0 radical (unpaired) electrons. The summed E-state index contributed by atoms with van der Waals surface area (Å²) in [5, 5.41) is 0. The molecule has 0 saturated carbocycles. The predicted octanol–water partition coefficient (Wildman–Crippen LogP) is 1.20. The Morgan fingerprint density at radius 1 is 0.903 bits per heavy atom. The van der Waals surface area contributed by atoms with E-state index in [9.17, 15) is 18.0 Å². The molecule has 0 aliphatic carbocycles. The third-order valence-electron chi connectivity index (χ3n) is 6.35. The molecule has 0 N–H and O–H groups in total. The molecule has 1 aromatic carbocycles. The molecule has 162 valence electrons. The number of anilines is 2. The first-order valence-electron chi connectivity index (χ1n) is 10.3. The fraction of sp³-hybridized carbons (Fsp3) is 0.429. The highest BCUT2D eigenvalue weighted by Crippen LogP contribution is 2.36. The second-order valence-corrected chi connectivity index (χ2v) is 10.3. The highest BCUT2D eigenvalue weighted by molar-refractivity contribution is 7.89. The van der Waals surface area contributed by atoms with E-state index in [1.165, 1.54) is 24.3 Å². The van der Waals surface area contributed by atoms with Crippen LogP contribution in [-0.2, 0) is 19.6 Å². The molecule has 3 fully saturated rings. The molecule has 2 aromatic rings. The first-order valence-corrected chi connectivity index (χ1v) is 11.8. The van der Waals surface area contributed by atoms with Gasteiger partial charge in [0.25, 0.3) is 0 Å². The van der Waals surface area contributed by atoms with Crippen LogP contribution in [0.3, 0.4) is 0 Å². The van der Waals surface area contributed by atoms with E-state index < -0.39 is 10.0 Å². The topological polar surface area (TPSA) is 104 Å². The van der Waals surface area contributed by atoms with Gasteiger partial charge < -0.3 is 4.90 Å². The molecule has 2 atom stereocenters. The van der Waals surface area contributed by atoms with Crippen LogP contribution >= 0.6 is 0 Å². The number of amides is 2. The first-order chi connectivity index (χ1) is 14.8. The van der Waals surface area contributed by atoms with E-state index >= 15 is 0 Å². The number of benzene rings is 1. The van der Waals surface area contributed by atoms with Crippen molar-refractivity contribution in [1.82, 2.24) is 14.3 Å². The third kappa shape index (κ3) is 3.49. The van der Waals surface area contributed by atoms with E-state index in [-0.39, 0.29) is 41.4 Å². The van der Waals surface area contributed by atoms with Crippen LogP contribution in [0.15, 0.2) is 41.6 Å². The van der Waals surface area contributed by atoms with E-state index in [4.69, 9.17) is 0 Å². The van der Waals surface area contributed by atoms with E-state index in [1.807, 2.05) is 13.0 Å². The number of sulfonamides is 1. The SMILES string of the molecule is Cc1cc(N2CC3CN(S(=O)(=O)c4ccc(N5C(=O)CCC5=O)cc4)CC3C2)ncn1. The Kier molecular flexibility index (Phi) is 4.78. The molecule has 2 amide bonds. The predicted molar refractivity (Wildman–Crippen MR) is 113 cm³/mol. The van der Waals surface area contributed by atoms with Gasteiger partial charge in [0.2, 0.25) is 21.8 Å². The molecule has 2 unspecified atom stereocenters. The fourth-order valence-corrected chi connectivity index (χ4v) is 6.28. The number of aryl methyl sites for hydroxylation is 1. The molecule has 0 spiro atoms. The molecule has 3 aliphatic rings. The van der Waals surface area contributed by atoms with Gasteiger partial charge in [0, 0.05) is 50.8 Å². The van der Waals surface area contributed by atoms with Crippen LogP contribution in [0, 0.1) is 18.8 Å². The summed E-state index contributed by atoms with van der Waals surface area (Å²) in [6.45, 7) is 4.41. The van der Waals surface area contributed by atoms with E-state index in [0.717, 1.165) is 29.5 Å². The monoisotopic (exact) mass is 441 g/mol. The zero-order chi connectivity index (χ0) is 21.8. The first kappa shape index (κ1) is 20.1. The summed E-state index contributed by atoms with van der Waals surface area (Å²) in [6, 6.07) is 7.97. The summed E-state index contributed by atoms with van der Waals surface area (Å²) < 4.78 is 27.9. The minimum atomic E-state index is -3.64. The van der Waals surface area contributed by atoms with Gasteiger partial charge in [0.05, 0.1) is 10.6 Å². The lowest BCUT2D eigenvalue weighted by Gasteiger charge is -2.22. The lowest BCUT2D eigenvalue weighted by Crippen LogP contribution is -2.33. The van der Waals surface area contributed by atoms with Crippen LogP contribution in [0.1, 0.15) is 18.5 Å². The molecule has 10 heteroatoms. The van der Waals surface area contributed by atoms with Crippen molar-refractivity contribution in [3.05, 3.63) is 42.4 Å². The summed E-state index contributed by atoms with van der Waals surface area (Å²) >= 11 is 0. The maximum atomic E-state index is 13.2. The number of rotatable bonds is 4. The summed E-state index contributed by atoms with van der Waals surface area (Å²) in [7, 11) is -3.64. The number of fused-ring (bicyclic) bond motifs is 1. The smallest absolute Gasteiger partial charge is 0.243 e. The standard InChI is InChI=1S/C21H23N5O4S/c1-14-8-19(23-13-22-14)24-9-15-11-25(12-16(15)10-24)31(29,30)18-4-2-17(3-5-18)26-20(27)6-7-21(26)28/h2-5,8,13,15-16H,6-7,9-12H2,1H3. The van der Waals surface area contributed by atoms with Gasteiger partial charge in [0.1, 0.15) is 12.1 Å². The lowest BCUT2D eigenvalue weighted by atomic mass is 10.0. The van der Waals surface area contributed by atoms with Crippen molar-refractivity contribution in [2.75, 3.05) is 36.0 Å². The molecule has 31 heavy (non-hydrogen) atoms. The van der Waals surface area contributed by atoms with E-state index in [1.54, 1.807) is 10.6 Å². The minimum Gasteiger partial charge on any atom is -0.356 e. The molecule has 3 aliphatic heterocycles. The zero-order valence-corrected chi connectivity index (χ0v) is 18.0. The lowest BCUT2D eigenvalue weighted by molar-refractivity contribution is -0.121. The third-order valence-corrected chi connectivity index (χ3v) is 8.20. The number of hydrogen-bond acceptors (Lipinski definition) is 7.